The first-order chi connectivity index (χ1) is 12.2. The topological polar surface area (TPSA) is 38.8 Å². The Balaban J connectivity index is 1.81. The van der Waals surface area contributed by atoms with Crippen LogP contribution in [0.4, 0.5) is 0 Å². The van der Waals surface area contributed by atoms with Crippen LogP contribution < -0.4 is 9.47 Å². The van der Waals surface area contributed by atoms with Gasteiger partial charge in [0, 0.05) is 18.2 Å². The Morgan fingerprint density at radius 3 is 2.60 bits per heavy atom. The van der Waals surface area contributed by atoms with Crippen molar-refractivity contribution < 1.29 is 14.3 Å². The number of carbonyl (C=O) groups is 1. The van der Waals surface area contributed by atoms with Gasteiger partial charge >= 0.3 is 0 Å². The summed E-state index contributed by atoms with van der Waals surface area (Å²) < 4.78 is 10.9. The third-order valence-electron chi connectivity index (χ3n) is 4.21. The predicted molar refractivity (Wildman–Crippen MR) is 98.0 cm³/mol. The van der Waals surface area contributed by atoms with Crippen molar-refractivity contribution in [2.75, 3.05) is 13.7 Å². The Kier molecular flexibility index (Phi) is 5.39. The summed E-state index contributed by atoms with van der Waals surface area (Å²) in [6.07, 6.45) is 3.81. The fourth-order valence-electron chi connectivity index (χ4n) is 2.77. The van der Waals surface area contributed by atoms with Crippen LogP contribution in [0.3, 0.4) is 0 Å². The van der Waals surface area contributed by atoms with E-state index in [0.29, 0.717) is 36.3 Å². The van der Waals surface area contributed by atoms with Crippen LogP contribution in [0.1, 0.15) is 28.8 Å². The van der Waals surface area contributed by atoms with E-state index in [2.05, 4.69) is 18.7 Å². The molecule has 4 heteroatoms. The van der Waals surface area contributed by atoms with Crippen LogP contribution in [0.2, 0.25) is 0 Å². The van der Waals surface area contributed by atoms with Crippen molar-refractivity contribution in [3.8, 4) is 11.5 Å². The predicted octanol–water partition coefficient (Wildman–Crippen LogP) is 4.06. The molecule has 0 atom stereocenters. The minimum absolute atomic E-state index is 0.0277. The largest absolute Gasteiger partial charge is 0.493 e. The average Bonchev–Trinajstić information content (AvgIpc) is 3.49. The second kappa shape index (κ2) is 7.88. The highest BCUT2D eigenvalue weighted by molar-refractivity contribution is 5.95. The maximum absolute atomic E-state index is 13.0. The van der Waals surface area contributed by atoms with Crippen LogP contribution in [0.15, 0.2) is 61.2 Å². The lowest BCUT2D eigenvalue weighted by molar-refractivity contribution is 0.0729. The van der Waals surface area contributed by atoms with Crippen molar-refractivity contribution in [1.29, 1.82) is 0 Å². The number of hydrogen-bond acceptors (Lipinski definition) is 3. The molecule has 0 heterocycles. The molecule has 0 aromatic heterocycles. The molecule has 1 amide bonds. The third-order valence-corrected chi connectivity index (χ3v) is 4.21. The normalized spacial score (nSPS) is 13.2. The number of benzene rings is 2. The second-order valence-corrected chi connectivity index (χ2v) is 6.12. The Hall–Kier alpha value is -2.75. The van der Waals surface area contributed by atoms with Crippen molar-refractivity contribution in [1.82, 2.24) is 4.90 Å². The summed E-state index contributed by atoms with van der Waals surface area (Å²) >= 11 is 0. The number of amides is 1. The van der Waals surface area contributed by atoms with Gasteiger partial charge in [0.15, 0.2) is 11.5 Å². The zero-order chi connectivity index (χ0) is 17.6. The Morgan fingerprint density at radius 1 is 1.20 bits per heavy atom. The van der Waals surface area contributed by atoms with Crippen LogP contribution in [0, 0.1) is 0 Å². The van der Waals surface area contributed by atoms with Crippen molar-refractivity contribution in [2.24, 2.45) is 0 Å². The monoisotopic (exact) mass is 337 g/mol. The minimum atomic E-state index is 0.0277. The smallest absolute Gasteiger partial charge is 0.254 e. The Morgan fingerprint density at radius 2 is 1.96 bits per heavy atom. The zero-order valence-corrected chi connectivity index (χ0v) is 14.5. The number of hydrogen-bond donors (Lipinski definition) is 0. The molecule has 0 saturated heterocycles. The van der Waals surface area contributed by atoms with Gasteiger partial charge in [-0.05, 0) is 36.6 Å². The first kappa shape index (κ1) is 17.1. The highest BCUT2D eigenvalue weighted by Crippen LogP contribution is 2.32. The van der Waals surface area contributed by atoms with Crippen LogP contribution in [0.25, 0.3) is 0 Å². The van der Waals surface area contributed by atoms with Gasteiger partial charge in [0.1, 0.15) is 6.61 Å². The SMILES string of the molecule is C=CCOc1ccc(C(=O)N(Cc2ccccc2)C2CC2)cc1OC. The fourth-order valence-corrected chi connectivity index (χ4v) is 2.77. The van der Waals surface area contributed by atoms with Crippen molar-refractivity contribution >= 4 is 5.91 Å². The molecule has 0 aliphatic heterocycles. The first-order valence-corrected chi connectivity index (χ1v) is 8.49. The van der Waals surface area contributed by atoms with E-state index in [1.807, 2.05) is 23.1 Å². The fraction of sp³-hybridized carbons (Fsp3) is 0.286. The van der Waals surface area contributed by atoms with Gasteiger partial charge in [0.05, 0.1) is 7.11 Å². The molecular weight excluding hydrogens is 314 g/mol. The number of rotatable bonds is 8. The van der Waals surface area contributed by atoms with Gasteiger partial charge in [0.25, 0.3) is 5.91 Å². The highest BCUT2D eigenvalue weighted by atomic mass is 16.5. The van der Waals surface area contributed by atoms with E-state index in [0.717, 1.165) is 18.4 Å². The van der Waals surface area contributed by atoms with Gasteiger partial charge in [-0.25, -0.2) is 0 Å². The van der Waals surface area contributed by atoms with Gasteiger partial charge < -0.3 is 14.4 Å². The van der Waals surface area contributed by atoms with Crippen LogP contribution in [-0.2, 0) is 6.54 Å². The molecule has 1 fully saturated rings. The lowest BCUT2D eigenvalue weighted by Crippen LogP contribution is -2.32. The molecule has 25 heavy (non-hydrogen) atoms. The van der Waals surface area contributed by atoms with Gasteiger partial charge in [-0.1, -0.05) is 43.0 Å². The summed E-state index contributed by atoms with van der Waals surface area (Å²) in [4.78, 5) is 15.0. The Bertz CT molecular complexity index is 738. The quantitative estimate of drug-likeness (QED) is 0.682. The number of carbonyl (C=O) groups excluding carboxylic acids is 1. The number of methoxy groups -OCH3 is 1. The summed E-state index contributed by atoms with van der Waals surface area (Å²) in [6, 6.07) is 15.7. The average molecular weight is 337 g/mol. The molecule has 2 aromatic rings. The van der Waals surface area contributed by atoms with E-state index in [1.165, 1.54) is 0 Å². The van der Waals surface area contributed by atoms with E-state index < -0.39 is 0 Å². The van der Waals surface area contributed by atoms with Gasteiger partial charge in [0.2, 0.25) is 0 Å². The van der Waals surface area contributed by atoms with E-state index >= 15 is 0 Å². The van der Waals surface area contributed by atoms with E-state index in [9.17, 15) is 4.79 Å². The highest BCUT2D eigenvalue weighted by Gasteiger charge is 2.33. The maximum Gasteiger partial charge on any atom is 0.254 e. The molecule has 4 nitrogen and oxygen atoms in total. The van der Waals surface area contributed by atoms with Crippen LogP contribution >= 0.6 is 0 Å². The lowest BCUT2D eigenvalue weighted by atomic mass is 10.1. The zero-order valence-electron chi connectivity index (χ0n) is 14.5. The minimum Gasteiger partial charge on any atom is -0.493 e. The molecular formula is C21H23NO3. The van der Waals surface area contributed by atoms with Gasteiger partial charge in [-0.15, -0.1) is 0 Å². The molecule has 1 saturated carbocycles. The molecule has 0 radical (unpaired) electrons. The molecule has 3 rings (SSSR count). The molecule has 130 valence electrons. The summed E-state index contributed by atoms with van der Waals surface area (Å²) in [5, 5.41) is 0. The van der Waals surface area contributed by atoms with E-state index in [4.69, 9.17) is 9.47 Å². The summed E-state index contributed by atoms with van der Waals surface area (Å²) in [5.74, 6) is 1.20. The molecule has 1 aliphatic carbocycles. The summed E-state index contributed by atoms with van der Waals surface area (Å²) in [6.45, 7) is 4.66. The second-order valence-electron chi connectivity index (χ2n) is 6.12. The number of ether oxygens (including phenoxy) is 2. The Labute approximate surface area is 148 Å². The van der Waals surface area contributed by atoms with Gasteiger partial charge in [-0.2, -0.15) is 0 Å². The van der Waals surface area contributed by atoms with Crippen molar-refractivity contribution in [3.63, 3.8) is 0 Å². The van der Waals surface area contributed by atoms with E-state index in [-0.39, 0.29) is 5.91 Å². The first-order valence-electron chi connectivity index (χ1n) is 8.49. The van der Waals surface area contributed by atoms with Crippen molar-refractivity contribution in [3.05, 3.63) is 72.3 Å². The standard InChI is InChI=1S/C21H23NO3/c1-3-13-25-19-12-9-17(14-20(19)24-2)21(23)22(18-10-11-18)15-16-7-5-4-6-8-16/h3-9,12,14,18H,1,10-11,13,15H2,2H3. The molecule has 0 unspecified atom stereocenters. The number of nitrogens with zero attached hydrogens (tertiary/aromatic N) is 1. The molecule has 0 bridgehead atoms. The maximum atomic E-state index is 13.0. The molecule has 0 N–H and O–H groups in total. The molecule has 0 spiro atoms. The van der Waals surface area contributed by atoms with Crippen LogP contribution in [0.5, 0.6) is 11.5 Å². The van der Waals surface area contributed by atoms with E-state index in [1.54, 1.807) is 31.4 Å². The molecule has 1 aliphatic rings. The summed E-state index contributed by atoms with van der Waals surface area (Å²) in [7, 11) is 1.58. The van der Waals surface area contributed by atoms with Gasteiger partial charge in [-0.3, -0.25) is 4.79 Å². The molecule has 2 aromatic carbocycles. The summed E-state index contributed by atoms with van der Waals surface area (Å²) in [5.41, 5.74) is 1.76. The lowest BCUT2D eigenvalue weighted by Gasteiger charge is -2.23. The van der Waals surface area contributed by atoms with Crippen LogP contribution in [-0.4, -0.2) is 30.6 Å². The van der Waals surface area contributed by atoms with Crippen molar-refractivity contribution in [2.45, 2.75) is 25.4 Å². The third kappa shape index (κ3) is 4.21.